The number of nitriles is 1. The van der Waals surface area contributed by atoms with E-state index in [0.717, 1.165) is 0 Å². The predicted octanol–water partition coefficient (Wildman–Crippen LogP) is 0.0340. The van der Waals surface area contributed by atoms with E-state index in [0.29, 0.717) is 5.56 Å². The topological polar surface area (TPSA) is 69.8 Å². The first kappa shape index (κ1) is 5.63. The fourth-order valence-electron chi connectivity index (χ4n) is 0.487. The zero-order valence-electron chi connectivity index (χ0n) is 4.55. The zero-order chi connectivity index (χ0) is 6.69. The highest BCUT2D eigenvalue weighted by molar-refractivity contribution is 5.06. The second-order valence-electron chi connectivity index (χ2n) is 1.51. The molecule has 9 heavy (non-hydrogen) atoms. The van der Waals surface area contributed by atoms with Crippen molar-refractivity contribution in [2.45, 2.75) is 6.42 Å². The molecule has 0 unspecified atom stereocenters. The summed E-state index contributed by atoms with van der Waals surface area (Å²) in [5.41, 5.74) is -0.0888. The van der Waals surface area contributed by atoms with Crippen LogP contribution >= 0.6 is 0 Å². The molecule has 4 nitrogen and oxygen atoms in total. The quantitative estimate of drug-likeness (QED) is 0.574. The van der Waals surface area contributed by atoms with Gasteiger partial charge in [-0.25, -0.2) is 9.95 Å². The second kappa shape index (κ2) is 2.18. The van der Waals surface area contributed by atoms with Gasteiger partial charge in [0, 0.05) is 6.20 Å². The van der Waals surface area contributed by atoms with Crippen molar-refractivity contribution in [1.29, 1.82) is 5.26 Å². The van der Waals surface area contributed by atoms with Crippen LogP contribution in [-0.2, 0) is 6.42 Å². The van der Waals surface area contributed by atoms with E-state index in [4.69, 9.17) is 5.26 Å². The molecule has 1 N–H and O–H groups in total. The van der Waals surface area contributed by atoms with E-state index >= 15 is 0 Å². The molecule has 0 fully saturated rings. The van der Waals surface area contributed by atoms with Crippen LogP contribution in [0, 0.1) is 11.3 Å². The van der Waals surface area contributed by atoms with E-state index in [1.807, 2.05) is 6.07 Å². The third-order valence-corrected chi connectivity index (χ3v) is 0.916. The molecule has 0 aliphatic carbocycles. The molecule has 0 bridgehead atoms. The fraction of sp³-hybridized carbons (Fsp3) is 0.200. The van der Waals surface area contributed by atoms with Crippen LogP contribution in [0.15, 0.2) is 15.5 Å². The second-order valence-corrected chi connectivity index (χ2v) is 1.51. The first-order chi connectivity index (χ1) is 4.34. The molecule has 1 aromatic rings. The SMILES string of the molecule is N#CCc1c[nH]oc1=O. The Morgan fingerprint density at radius 2 is 2.67 bits per heavy atom. The molecule has 0 aromatic carbocycles. The number of hydrogen-bond donors (Lipinski definition) is 1. The minimum absolute atomic E-state index is 0.103. The third kappa shape index (κ3) is 0.995. The van der Waals surface area contributed by atoms with Gasteiger partial charge in [0.1, 0.15) is 0 Å². The van der Waals surface area contributed by atoms with Crippen molar-refractivity contribution in [1.82, 2.24) is 5.16 Å². The lowest BCUT2D eigenvalue weighted by Gasteiger charge is -1.72. The van der Waals surface area contributed by atoms with Gasteiger partial charge in [-0.05, 0) is 0 Å². The Morgan fingerprint density at radius 3 is 3.11 bits per heavy atom. The molecule has 0 aliphatic rings. The van der Waals surface area contributed by atoms with E-state index < -0.39 is 5.63 Å². The van der Waals surface area contributed by atoms with Crippen LogP contribution in [0.1, 0.15) is 5.56 Å². The van der Waals surface area contributed by atoms with Crippen molar-refractivity contribution in [3.05, 3.63) is 22.2 Å². The van der Waals surface area contributed by atoms with E-state index in [1.54, 1.807) is 0 Å². The lowest BCUT2D eigenvalue weighted by Crippen LogP contribution is -1.98. The van der Waals surface area contributed by atoms with Gasteiger partial charge in [0.05, 0.1) is 18.1 Å². The van der Waals surface area contributed by atoms with E-state index in [-0.39, 0.29) is 6.42 Å². The first-order valence-electron chi connectivity index (χ1n) is 2.37. The van der Waals surface area contributed by atoms with Crippen molar-refractivity contribution < 1.29 is 4.52 Å². The zero-order valence-corrected chi connectivity index (χ0v) is 4.55. The summed E-state index contributed by atoms with van der Waals surface area (Å²) in [6, 6.07) is 1.83. The van der Waals surface area contributed by atoms with Gasteiger partial charge in [-0.3, -0.25) is 0 Å². The highest BCUT2D eigenvalue weighted by Crippen LogP contribution is 1.86. The molecule has 1 aromatic heterocycles. The molecule has 4 heteroatoms. The van der Waals surface area contributed by atoms with Crippen LogP contribution < -0.4 is 5.63 Å². The summed E-state index contributed by atoms with van der Waals surface area (Å²) in [6.45, 7) is 0. The molecule has 0 saturated heterocycles. The minimum atomic E-state index is -0.462. The number of nitrogens with zero attached hydrogens (tertiary/aromatic N) is 1. The number of rotatable bonds is 1. The molecule has 0 radical (unpaired) electrons. The molecule has 1 rings (SSSR count). The number of aromatic nitrogens is 1. The largest absolute Gasteiger partial charge is 0.361 e. The maximum Gasteiger partial charge on any atom is 0.361 e. The lowest BCUT2D eigenvalue weighted by atomic mass is 10.3. The van der Waals surface area contributed by atoms with E-state index in [9.17, 15) is 4.79 Å². The van der Waals surface area contributed by atoms with Crippen molar-refractivity contribution in [3.8, 4) is 6.07 Å². The van der Waals surface area contributed by atoms with Crippen molar-refractivity contribution in [2.24, 2.45) is 0 Å². The van der Waals surface area contributed by atoms with Crippen molar-refractivity contribution in [2.75, 3.05) is 0 Å². The summed E-state index contributed by atoms with van der Waals surface area (Å²) in [7, 11) is 0. The Kier molecular flexibility index (Phi) is 1.36. The molecular weight excluding hydrogens is 120 g/mol. The van der Waals surface area contributed by atoms with Gasteiger partial charge in [0.15, 0.2) is 0 Å². The smallest absolute Gasteiger partial charge is 0.339 e. The van der Waals surface area contributed by atoms with Crippen LogP contribution in [0.5, 0.6) is 0 Å². The molecule has 0 atom stereocenters. The minimum Gasteiger partial charge on any atom is -0.339 e. The highest BCUT2D eigenvalue weighted by Gasteiger charge is 1.98. The molecule has 0 saturated carbocycles. The third-order valence-electron chi connectivity index (χ3n) is 0.916. The Morgan fingerprint density at radius 1 is 1.89 bits per heavy atom. The normalized spacial score (nSPS) is 8.78. The van der Waals surface area contributed by atoms with Crippen LogP contribution in [-0.4, -0.2) is 5.16 Å². The summed E-state index contributed by atoms with van der Waals surface area (Å²) in [4.78, 5) is 10.5. The summed E-state index contributed by atoms with van der Waals surface area (Å²) in [6.07, 6.45) is 1.48. The average Bonchev–Trinajstić information content (AvgIpc) is 2.18. The predicted molar refractivity (Wildman–Crippen MR) is 28.6 cm³/mol. The summed E-state index contributed by atoms with van der Waals surface area (Å²) in [5.74, 6) is 0. The first-order valence-corrected chi connectivity index (χ1v) is 2.37. The number of H-pyrrole nitrogens is 1. The molecular formula is C5H4N2O2. The Bertz CT molecular complexity index is 278. The van der Waals surface area contributed by atoms with Crippen LogP contribution in [0.3, 0.4) is 0 Å². The fourth-order valence-corrected chi connectivity index (χ4v) is 0.487. The molecule has 1 heterocycles. The Labute approximate surface area is 50.7 Å². The number of nitrogens with one attached hydrogen (secondary N) is 1. The Hall–Kier alpha value is -1.50. The Balaban J connectivity index is 2.98. The van der Waals surface area contributed by atoms with Crippen molar-refractivity contribution >= 4 is 0 Å². The maximum atomic E-state index is 10.5. The highest BCUT2D eigenvalue weighted by atomic mass is 16.5. The molecule has 0 aliphatic heterocycles. The average molecular weight is 124 g/mol. The lowest BCUT2D eigenvalue weighted by molar-refractivity contribution is 0.390. The van der Waals surface area contributed by atoms with Crippen LogP contribution in [0.25, 0.3) is 0 Å². The molecule has 0 spiro atoms. The van der Waals surface area contributed by atoms with Crippen LogP contribution in [0.2, 0.25) is 0 Å². The summed E-state index contributed by atoms with van der Waals surface area (Å²) < 4.78 is 4.29. The van der Waals surface area contributed by atoms with Gasteiger partial charge in [-0.2, -0.15) is 5.26 Å². The van der Waals surface area contributed by atoms with Gasteiger partial charge in [-0.1, -0.05) is 0 Å². The summed E-state index contributed by atoms with van der Waals surface area (Å²) in [5, 5.41) is 10.4. The van der Waals surface area contributed by atoms with E-state index in [2.05, 4.69) is 9.68 Å². The molecule has 0 amide bonds. The maximum absolute atomic E-state index is 10.5. The van der Waals surface area contributed by atoms with Gasteiger partial charge in [0.25, 0.3) is 0 Å². The van der Waals surface area contributed by atoms with Gasteiger partial charge in [-0.15, -0.1) is 0 Å². The standard InChI is InChI=1S/C5H4N2O2/c6-2-1-4-3-7-9-5(4)8/h3,7H,1H2. The monoisotopic (exact) mass is 124 g/mol. The van der Waals surface area contributed by atoms with Gasteiger partial charge in [0.2, 0.25) is 0 Å². The number of hydrogen-bond acceptors (Lipinski definition) is 3. The van der Waals surface area contributed by atoms with Gasteiger partial charge >= 0.3 is 5.63 Å². The van der Waals surface area contributed by atoms with Crippen molar-refractivity contribution in [3.63, 3.8) is 0 Å². The molecule has 46 valence electrons. The van der Waals surface area contributed by atoms with Crippen LogP contribution in [0.4, 0.5) is 0 Å². The summed E-state index contributed by atoms with van der Waals surface area (Å²) >= 11 is 0. The van der Waals surface area contributed by atoms with Gasteiger partial charge < -0.3 is 4.52 Å². The number of aromatic amines is 1. The van der Waals surface area contributed by atoms with E-state index in [1.165, 1.54) is 6.20 Å².